The molecular formula is C26H26N2O7. The van der Waals surface area contributed by atoms with Crippen molar-refractivity contribution in [2.75, 3.05) is 38.4 Å². The molecule has 6 rings (SSSR count). The summed E-state index contributed by atoms with van der Waals surface area (Å²) < 4.78 is 22.3. The lowest BCUT2D eigenvalue weighted by Gasteiger charge is -2.44. The fourth-order valence-electron chi connectivity index (χ4n) is 5.45. The Morgan fingerprint density at radius 1 is 1.03 bits per heavy atom. The highest BCUT2D eigenvalue weighted by Crippen LogP contribution is 2.41. The number of piperidine rings is 1. The van der Waals surface area contributed by atoms with E-state index in [9.17, 15) is 14.4 Å². The minimum atomic E-state index is -0.598. The van der Waals surface area contributed by atoms with Gasteiger partial charge in [-0.2, -0.15) is 0 Å². The predicted octanol–water partition coefficient (Wildman–Crippen LogP) is 2.80. The van der Waals surface area contributed by atoms with E-state index in [2.05, 4.69) is 0 Å². The number of carbonyl (C=O) groups excluding carboxylic acids is 3. The van der Waals surface area contributed by atoms with Crippen LogP contribution in [0.15, 0.2) is 36.4 Å². The minimum Gasteiger partial charge on any atom is -0.497 e. The Labute approximate surface area is 202 Å². The van der Waals surface area contributed by atoms with Gasteiger partial charge in [-0.25, -0.2) is 0 Å². The summed E-state index contributed by atoms with van der Waals surface area (Å²) in [6.07, 6.45) is 1.61. The zero-order valence-electron chi connectivity index (χ0n) is 19.5. The molecule has 0 bridgehead atoms. The second kappa shape index (κ2) is 8.18. The van der Waals surface area contributed by atoms with Gasteiger partial charge in [0, 0.05) is 50.7 Å². The van der Waals surface area contributed by atoms with Crippen molar-refractivity contribution in [3.63, 3.8) is 0 Å². The van der Waals surface area contributed by atoms with Gasteiger partial charge in [0.2, 0.25) is 18.6 Å². The van der Waals surface area contributed by atoms with Crippen molar-refractivity contribution in [2.45, 2.75) is 31.3 Å². The van der Waals surface area contributed by atoms with Crippen LogP contribution < -0.4 is 23.8 Å². The maximum atomic E-state index is 13.3. The second-order valence-corrected chi connectivity index (χ2v) is 9.52. The van der Waals surface area contributed by atoms with Crippen LogP contribution in [0, 0.1) is 5.92 Å². The molecule has 4 aliphatic rings. The fraction of sp³-hybridized carbons (Fsp3) is 0.423. The van der Waals surface area contributed by atoms with Crippen molar-refractivity contribution in [3.8, 4) is 23.0 Å². The molecule has 182 valence electrons. The highest BCUT2D eigenvalue weighted by molar-refractivity contribution is 6.01. The van der Waals surface area contributed by atoms with E-state index in [1.54, 1.807) is 42.3 Å². The first-order valence-corrected chi connectivity index (χ1v) is 11.8. The summed E-state index contributed by atoms with van der Waals surface area (Å²) in [6, 6.07) is 10.7. The van der Waals surface area contributed by atoms with Crippen LogP contribution in [0.4, 0.5) is 5.69 Å². The smallest absolute Gasteiger partial charge is 0.231 e. The number of ketones is 1. The summed E-state index contributed by atoms with van der Waals surface area (Å²) >= 11 is 0. The summed E-state index contributed by atoms with van der Waals surface area (Å²) in [5.41, 5.74) is 0.651. The molecule has 4 heterocycles. The first kappa shape index (κ1) is 21.8. The van der Waals surface area contributed by atoms with Crippen molar-refractivity contribution in [2.24, 2.45) is 5.92 Å². The number of likely N-dealkylation sites (tertiary alicyclic amines) is 1. The molecule has 9 heteroatoms. The van der Waals surface area contributed by atoms with Crippen LogP contribution in [0.3, 0.4) is 0 Å². The Kier molecular flexibility index (Phi) is 5.09. The normalized spacial score (nSPS) is 22.3. The zero-order chi connectivity index (χ0) is 24.2. The van der Waals surface area contributed by atoms with E-state index in [0.717, 1.165) is 0 Å². The Bertz CT molecular complexity index is 1220. The fourth-order valence-corrected chi connectivity index (χ4v) is 5.45. The number of methoxy groups -OCH3 is 1. The lowest BCUT2D eigenvalue weighted by atomic mass is 9.82. The minimum absolute atomic E-state index is 0.0243. The number of benzene rings is 2. The number of rotatable bonds is 3. The summed E-state index contributed by atoms with van der Waals surface area (Å²) in [7, 11) is 1.57. The number of hydrogen-bond donors (Lipinski definition) is 0. The summed E-state index contributed by atoms with van der Waals surface area (Å²) in [4.78, 5) is 42.3. The average Bonchev–Trinajstić information content (AvgIpc) is 3.50. The van der Waals surface area contributed by atoms with Gasteiger partial charge >= 0.3 is 0 Å². The highest BCUT2D eigenvalue weighted by Gasteiger charge is 2.45. The number of anilines is 1. The van der Waals surface area contributed by atoms with Gasteiger partial charge < -0.3 is 28.7 Å². The molecule has 2 fully saturated rings. The largest absolute Gasteiger partial charge is 0.497 e. The van der Waals surface area contributed by atoms with Crippen LogP contribution in [-0.2, 0) is 9.59 Å². The van der Waals surface area contributed by atoms with Gasteiger partial charge in [0.15, 0.2) is 17.3 Å². The monoisotopic (exact) mass is 478 g/mol. The molecule has 2 aromatic rings. The van der Waals surface area contributed by atoms with Gasteiger partial charge in [0.1, 0.15) is 17.1 Å². The molecule has 1 unspecified atom stereocenters. The number of amides is 2. The topological polar surface area (TPSA) is 94.6 Å². The molecule has 1 atom stereocenters. The van der Waals surface area contributed by atoms with E-state index in [0.29, 0.717) is 66.7 Å². The molecule has 0 N–H and O–H groups in total. The molecule has 0 radical (unpaired) electrons. The predicted molar refractivity (Wildman–Crippen MR) is 124 cm³/mol. The standard InChI is InChI=1S/C26H26N2O7/c1-32-18-3-5-21-19(12-18)20(29)13-26(35-21)6-8-27(9-7-26)25(31)16-10-24(30)28(14-16)17-2-4-22-23(11-17)34-15-33-22/h2-5,11-12,16H,6-10,13-15H2,1H3. The Morgan fingerprint density at radius 2 is 1.80 bits per heavy atom. The first-order valence-electron chi connectivity index (χ1n) is 11.8. The number of Topliss-reactive ketones (excluding diaryl/α,β-unsaturated/α-hetero) is 1. The summed E-state index contributed by atoms with van der Waals surface area (Å²) in [5.74, 6) is 1.98. The highest BCUT2D eigenvalue weighted by atomic mass is 16.7. The van der Waals surface area contributed by atoms with Crippen molar-refractivity contribution >= 4 is 23.3 Å². The Morgan fingerprint density at radius 3 is 2.60 bits per heavy atom. The maximum Gasteiger partial charge on any atom is 0.231 e. The lowest BCUT2D eigenvalue weighted by molar-refractivity contribution is -0.139. The number of carbonyl (C=O) groups is 3. The van der Waals surface area contributed by atoms with Gasteiger partial charge in [0.25, 0.3) is 0 Å². The molecule has 0 aliphatic carbocycles. The summed E-state index contributed by atoms with van der Waals surface area (Å²) in [5, 5.41) is 0. The molecular weight excluding hydrogens is 452 g/mol. The molecule has 0 aromatic heterocycles. The van der Waals surface area contributed by atoms with Crippen LogP contribution in [-0.4, -0.2) is 61.6 Å². The van der Waals surface area contributed by atoms with E-state index in [-0.39, 0.29) is 37.2 Å². The molecule has 4 aliphatic heterocycles. The van der Waals surface area contributed by atoms with Crippen molar-refractivity contribution in [1.82, 2.24) is 4.90 Å². The Hall–Kier alpha value is -3.75. The molecule has 1 spiro atoms. The van der Waals surface area contributed by atoms with Crippen LogP contribution in [0.5, 0.6) is 23.0 Å². The van der Waals surface area contributed by atoms with Gasteiger partial charge in [-0.05, 0) is 30.3 Å². The van der Waals surface area contributed by atoms with Crippen LogP contribution >= 0.6 is 0 Å². The van der Waals surface area contributed by atoms with E-state index in [1.807, 2.05) is 11.0 Å². The van der Waals surface area contributed by atoms with E-state index < -0.39 is 11.5 Å². The van der Waals surface area contributed by atoms with Crippen molar-refractivity contribution in [3.05, 3.63) is 42.0 Å². The van der Waals surface area contributed by atoms with Crippen LogP contribution in [0.1, 0.15) is 36.0 Å². The van der Waals surface area contributed by atoms with E-state index in [4.69, 9.17) is 18.9 Å². The third-order valence-corrected chi connectivity index (χ3v) is 7.42. The third-order valence-electron chi connectivity index (χ3n) is 7.42. The van der Waals surface area contributed by atoms with Gasteiger partial charge in [0.05, 0.1) is 25.0 Å². The van der Waals surface area contributed by atoms with Crippen molar-refractivity contribution in [1.29, 1.82) is 0 Å². The van der Waals surface area contributed by atoms with Gasteiger partial charge in [-0.3, -0.25) is 14.4 Å². The van der Waals surface area contributed by atoms with Gasteiger partial charge in [-0.1, -0.05) is 0 Å². The van der Waals surface area contributed by atoms with E-state index in [1.165, 1.54) is 0 Å². The number of fused-ring (bicyclic) bond motifs is 2. The van der Waals surface area contributed by atoms with Crippen LogP contribution in [0.25, 0.3) is 0 Å². The number of ether oxygens (including phenoxy) is 4. The van der Waals surface area contributed by atoms with Crippen molar-refractivity contribution < 1.29 is 33.3 Å². The van der Waals surface area contributed by atoms with Gasteiger partial charge in [-0.15, -0.1) is 0 Å². The second-order valence-electron chi connectivity index (χ2n) is 9.52. The number of hydrogen-bond acceptors (Lipinski definition) is 7. The van der Waals surface area contributed by atoms with Crippen LogP contribution in [0.2, 0.25) is 0 Å². The third kappa shape index (κ3) is 3.75. The molecule has 9 nitrogen and oxygen atoms in total. The molecule has 35 heavy (non-hydrogen) atoms. The first-order chi connectivity index (χ1) is 16.9. The molecule has 2 aromatic carbocycles. The maximum absolute atomic E-state index is 13.3. The Balaban J connectivity index is 1.10. The number of nitrogens with zero attached hydrogens (tertiary/aromatic N) is 2. The quantitative estimate of drug-likeness (QED) is 0.670. The SMILES string of the molecule is COc1ccc2c(c1)C(=O)CC1(CCN(C(=O)C3CC(=O)N(c4ccc5c(c4)OCO5)C3)CC1)O2. The average molecular weight is 479 g/mol. The molecule has 0 saturated carbocycles. The molecule has 2 saturated heterocycles. The lowest BCUT2D eigenvalue weighted by Crippen LogP contribution is -2.53. The zero-order valence-corrected chi connectivity index (χ0v) is 19.5. The van der Waals surface area contributed by atoms with E-state index >= 15 is 0 Å². The molecule has 2 amide bonds. The summed E-state index contributed by atoms with van der Waals surface area (Å²) in [6.45, 7) is 1.49.